The summed E-state index contributed by atoms with van der Waals surface area (Å²) in [6.07, 6.45) is 8.62. The number of Topliss-reactive ketones (excluding diaryl/α,β-unsaturated/α-hetero) is 1. The quantitative estimate of drug-likeness (QED) is 0.224. The third kappa shape index (κ3) is 5.74. The summed E-state index contributed by atoms with van der Waals surface area (Å²) in [6.45, 7) is 20.0. The standard InChI is InChI=1S/C48H65FN2O7/c1-26(2)36-32(52)25-48(51-41(57)47(22-23-47)50-38(53)27-10-12-28(49)13-11-27)21-20-45(8)29(37(36)48)14-15-34-44(7)18-17-35(43(5,6)33(44)16-19-46(34,45)9)58-40(56)31-24-30(39(54)55)42(31,3)4/h10-13,26,29-31,33-35H,14-25H2,1-9H3,(H,50,53)(H,51,57)(H,54,55)/t29-,30+,31?,33+,34-,35+,44+,45-,46-,48-/m1/s1. The van der Waals surface area contributed by atoms with Gasteiger partial charge in [0.2, 0.25) is 5.91 Å². The molecule has 3 N–H and O–H groups in total. The number of carbonyl (C=O) groups is 5. The van der Waals surface area contributed by atoms with Crippen LogP contribution in [0.1, 0.15) is 150 Å². The van der Waals surface area contributed by atoms with Gasteiger partial charge in [-0.3, -0.25) is 24.0 Å². The Balaban J connectivity index is 1.04. The van der Waals surface area contributed by atoms with Gasteiger partial charge < -0.3 is 20.5 Å². The van der Waals surface area contributed by atoms with E-state index in [0.29, 0.717) is 43.1 Å². The lowest BCUT2D eigenvalue weighted by atomic mass is 9.33. The van der Waals surface area contributed by atoms with E-state index in [4.69, 9.17) is 4.74 Å². The molecule has 1 unspecified atom stereocenters. The topological polar surface area (TPSA) is 139 Å². The van der Waals surface area contributed by atoms with Gasteiger partial charge in [-0.1, -0.05) is 62.3 Å². The number of nitrogens with one attached hydrogen (secondary N) is 2. The maximum absolute atomic E-state index is 14.4. The molecule has 1 aromatic carbocycles. The lowest BCUT2D eigenvalue weighted by Crippen LogP contribution is -2.68. The van der Waals surface area contributed by atoms with E-state index >= 15 is 0 Å². The molecule has 1 aromatic rings. The molecule has 58 heavy (non-hydrogen) atoms. The zero-order valence-corrected chi connectivity index (χ0v) is 36.1. The van der Waals surface area contributed by atoms with E-state index in [1.807, 2.05) is 13.8 Å². The SMILES string of the molecule is CC(C)C1=C2[C@H]3CC[C@@H]4[C@@]5(C)CC[C@H](OC(=O)C6C[C@@H](C(=O)O)C6(C)C)C(C)(C)[C@@H]5CC[C@@]4(C)[C@]3(C)CC[C@@]2(NC(=O)C2(NC(=O)c3ccc(F)cc3)CC2)CC1=O. The Labute approximate surface area is 343 Å². The molecule has 8 rings (SSSR count). The Morgan fingerprint density at radius 2 is 1.45 bits per heavy atom. The van der Waals surface area contributed by atoms with Crippen LogP contribution in [0.5, 0.6) is 0 Å². The maximum atomic E-state index is 14.4. The van der Waals surface area contributed by atoms with E-state index in [1.54, 1.807) is 0 Å². The largest absolute Gasteiger partial charge is 0.481 e. The summed E-state index contributed by atoms with van der Waals surface area (Å²) in [7, 11) is 0. The summed E-state index contributed by atoms with van der Waals surface area (Å²) in [6, 6.07) is 5.33. The summed E-state index contributed by atoms with van der Waals surface area (Å²) in [4.78, 5) is 67.2. The highest BCUT2D eigenvalue weighted by molar-refractivity contribution is 6.04. The van der Waals surface area contributed by atoms with Gasteiger partial charge in [0.1, 0.15) is 17.5 Å². The summed E-state index contributed by atoms with van der Waals surface area (Å²) in [5, 5.41) is 16.1. The molecule has 0 aliphatic heterocycles. The van der Waals surface area contributed by atoms with Crippen molar-refractivity contribution in [3.63, 3.8) is 0 Å². The smallest absolute Gasteiger partial charge is 0.309 e. The first kappa shape index (κ1) is 41.2. The molecule has 0 aromatic heterocycles. The van der Waals surface area contributed by atoms with Crippen molar-refractivity contribution in [3.05, 3.63) is 46.8 Å². The van der Waals surface area contributed by atoms with Crippen molar-refractivity contribution in [2.45, 2.75) is 157 Å². The second-order valence-corrected chi connectivity index (χ2v) is 22.1. The minimum atomic E-state index is -1.05. The van der Waals surface area contributed by atoms with Gasteiger partial charge in [-0.05, 0) is 151 Å². The second-order valence-electron chi connectivity index (χ2n) is 22.1. The van der Waals surface area contributed by atoms with Crippen LogP contribution in [-0.2, 0) is 23.9 Å². The number of ketones is 1. The Hall–Kier alpha value is -3.56. The molecule has 2 amide bonds. The fourth-order valence-electron chi connectivity index (χ4n) is 14.7. The Morgan fingerprint density at radius 3 is 2.05 bits per heavy atom. The fraction of sp³-hybridized carbons (Fsp3) is 0.729. The van der Waals surface area contributed by atoms with Crippen LogP contribution in [0.3, 0.4) is 0 Å². The predicted octanol–water partition coefficient (Wildman–Crippen LogP) is 8.60. The first-order valence-electron chi connectivity index (χ1n) is 22.1. The second kappa shape index (κ2) is 13.2. The first-order chi connectivity index (χ1) is 27.0. The average Bonchev–Trinajstić information content (AvgIpc) is 3.85. The van der Waals surface area contributed by atoms with Gasteiger partial charge in [0.25, 0.3) is 5.91 Å². The zero-order valence-electron chi connectivity index (χ0n) is 36.1. The minimum absolute atomic E-state index is 0.00906. The molecular formula is C48H65FN2O7. The van der Waals surface area contributed by atoms with Crippen molar-refractivity contribution in [3.8, 4) is 0 Å². The van der Waals surface area contributed by atoms with Crippen LogP contribution in [0.4, 0.5) is 4.39 Å². The van der Waals surface area contributed by atoms with Crippen LogP contribution in [0.25, 0.3) is 0 Å². The summed E-state index contributed by atoms with van der Waals surface area (Å²) < 4.78 is 20.0. The van der Waals surface area contributed by atoms with Gasteiger partial charge in [0.05, 0.1) is 17.4 Å². The molecular weight excluding hydrogens is 736 g/mol. The van der Waals surface area contributed by atoms with Gasteiger partial charge in [0, 0.05) is 17.4 Å². The maximum Gasteiger partial charge on any atom is 0.309 e. The van der Waals surface area contributed by atoms with Crippen LogP contribution in [0.2, 0.25) is 0 Å². The van der Waals surface area contributed by atoms with Crippen molar-refractivity contribution in [2.75, 3.05) is 0 Å². The first-order valence-corrected chi connectivity index (χ1v) is 22.1. The summed E-state index contributed by atoms with van der Waals surface area (Å²) in [5.74, 6) is -2.11. The molecule has 10 atom stereocenters. The molecule has 0 radical (unpaired) electrons. The molecule has 9 nitrogen and oxygen atoms in total. The number of aliphatic carboxylic acids is 1. The highest BCUT2D eigenvalue weighted by atomic mass is 19.1. The Morgan fingerprint density at radius 1 is 0.776 bits per heavy atom. The van der Waals surface area contributed by atoms with Gasteiger partial charge in [-0.15, -0.1) is 0 Å². The molecule has 10 heteroatoms. The molecule has 0 spiro atoms. The van der Waals surface area contributed by atoms with Gasteiger partial charge in [0.15, 0.2) is 5.78 Å². The molecule has 0 bridgehead atoms. The number of hydrogen-bond acceptors (Lipinski definition) is 6. The average molecular weight is 801 g/mol. The van der Waals surface area contributed by atoms with E-state index < -0.39 is 46.0 Å². The molecule has 6 saturated carbocycles. The van der Waals surface area contributed by atoms with E-state index in [0.717, 1.165) is 56.1 Å². The van der Waals surface area contributed by atoms with Crippen LogP contribution < -0.4 is 10.6 Å². The van der Waals surface area contributed by atoms with Crippen LogP contribution in [-0.4, -0.2) is 51.8 Å². The number of ether oxygens (including phenoxy) is 1. The number of benzene rings is 1. The predicted molar refractivity (Wildman–Crippen MR) is 217 cm³/mol. The Kier molecular flexibility index (Phi) is 9.39. The van der Waals surface area contributed by atoms with Crippen molar-refractivity contribution < 1.29 is 38.2 Å². The number of amides is 2. The molecule has 316 valence electrons. The molecule has 7 aliphatic carbocycles. The zero-order chi connectivity index (χ0) is 42.2. The summed E-state index contributed by atoms with van der Waals surface area (Å²) in [5.41, 5.74) is -0.544. The number of hydrogen-bond donors (Lipinski definition) is 3. The number of rotatable bonds is 8. The minimum Gasteiger partial charge on any atom is -0.481 e. The number of carboxylic acids is 1. The lowest BCUT2D eigenvalue weighted by Gasteiger charge is -2.72. The van der Waals surface area contributed by atoms with Crippen molar-refractivity contribution in [2.24, 2.45) is 62.6 Å². The monoisotopic (exact) mass is 800 g/mol. The third-order valence-electron chi connectivity index (χ3n) is 18.5. The van der Waals surface area contributed by atoms with Gasteiger partial charge >= 0.3 is 11.9 Å². The van der Waals surface area contributed by atoms with Gasteiger partial charge in [-0.2, -0.15) is 0 Å². The van der Waals surface area contributed by atoms with Gasteiger partial charge in [-0.25, -0.2) is 4.39 Å². The number of carbonyl (C=O) groups excluding carboxylic acids is 4. The van der Waals surface area contributed by atoms with Crippen LogP contribution in [0, 0.1) is 68.4 Å². The Bertz CT molecular complexity index is 1980. The van der Waals surface area contributed by atoms with E-state index in [-0.39, 0.29) is 63.7 Å². The van der Waals surface area contributed by atoms with Crippen molar-refractivity contribution >= 4 is 29.5 Å². The van der Waals surface area contributed by atoms with Crippen LogP contribution >= 0.6 is 0 Å². The summed E-state index contributed by atoms with van der Waals surface area (Å²) >= 11 is 0. The molecule has 6 fully saturated rings. The molecule has 7 aliphatic rings. The lowest BCUT2D eigenvalue weighted by molar-refractivity contribution is -0.235. The third-order valence-corrected chi connectivity index (χ3v) is 18.5. The van der Waals surface area contributed by atoms with Crippen molar-refractivity contribution in [1.82, 2.24) is 10.6 Å². The number of carboxylic acid groups (broad SMARTS) is 1. The van der Waals surface area contributed by atoms with Crippen molar-refractivity contribution in [1.29, 1.82) is 0 Å². The molecule has 0 heterocycles. The van der Waals surface area contributed by atoms with Crippen LogP contribution in [0.15, 0.2) is 35.4 Å². The highest BCUT2D eigenvalue weighted by Gasteiger charge is 2.71. The van der Waals surface area contributed by atoms with E-state index in [1.165, 1.54) is 24.3 Å². The normalized spacial score (nSPS) is 40.2. The highest BCUT2D eigenvalue weighted by Crippen LogP contribution is 2.76. The number of fused-ring (bicyclic) bond motifs is 7. The number of allylic oxidation sites excluding steroid dienone is 1. The number of esters is 1. The fourth-order valence-corrected chi connectivity index (χ4v) is 14.7. The number of halogens is 1. The molecule has 0 saturated heterocycles. The van der Waals surface area contributed by atoms with E-state index in [9.17, 15) is 33.5 Å². The van der Waals surface area contributed by atoms with E-state index in [2.05, 4.69) is 59.1 Å².